The molecule has 2 aromatic carbocycles. The summed E-state index contributed by atoms with van der Waals surface area (Å²) in [6, 6.07) is 18.1. The van der Waals surface area contributed by atoms with E-state index >= 15 is 0 Å². The lowest BCUT2D eigenvalue weighted by atomic mass is 10.1. The number of anilines is 1. The lowest BCUT2D eigenvalue weighted by Gasteiger charge is -2.39. The van der Waals surface area contributed by atoms with Crippen LogP contribution in [0, 0.1) is 12.7 Å². The summed E-state index contributed by atoms with van der Waals surface area (Å²) in [5.74, 6) is 0.522. The third-order valence-corrected chi connectivity index (χ3v) is 5.59. The summed E-state index contributed by atoms with van der Waals surface area (Å²) in [6.07, 6.45) is 1.65. The fourth-order valence-electron chi connectivity index (χ4n) is 3.87. The number of nitrogens with zero attached hydrogens (tertiary/aromatic N) is 2. The van der Waals surface area contributed by atoms with Crippen molar-refractivity contribution < 1.29 is 13.6 Å². The zero-order valence-electron chi connectivity index (χ0n) is 17.1. The number of amides is 1. The maximum Gasteiger partial charge on any atom is 0.251 e. The Hall–Kier alpha value is -3.12. The number of hydrogen-bond acceptors (Lipinski definition) is 4. The van der Waals surface area contributed by atoms with Gasteiger partial charge in [0, 0.05) is 38.3 Å². The lowest BCUT2D eigenvalue weighted by Crippen LogP contribution is -2.50. The van der Waals surface area contributed by atoms with Gasteiger partial charge in [0.25, 0.3) is 5.91 Å². The molecule has 1 N–H and O–H groups in total. The molecule has 2 heterocycles. The maximum atomic E-state index is 14.1. The first-order valence-electron chi connectivity index (χ1n) is 10.2. The predicted octanol–water partition coefficient (Wildman–Crippen LogP) is 4.02. The first-order valence-corrected chi connectivity index (χ1v) is 10.2. The predicted molar refractivity (Wildman–Crippen MR) is 115 cm³/mol. The molecule has 1 amide bonds. The highest BCUT2D eigenvalue weighted by atomic mass is 19.1. The number of benzene rings is 2. The van der Waals surface area contributed by atoms with E-state index in [4.69, 9.17) is 4.42 Å². The number of aryl methyl sites for hydroxylation is 1. The standard InChI is InChI=1S/C24H26FN3O2/c1-18-8-10-19(11-9-18)24(29)26-17-22(23-7-4-16-30-23)28-14-12-27(13-15-28)21-6-3-2-5-20(21)25/h2-11,16,22H,12-15,17H2,1H3,(H,26,29)/t22-/m1/s1. The van der Waals surface area contributed by atoms with Crippen LogP contribution in [0.15, 0.2) is 71.3 Å². The van der Waals surface area contributed by atoms with Gasteiger partial charge in [-0.25, -0.2) is 4.39 Å². The van der Waals surface area contributed by atoms with Gasteiger partial charge in [-0.2, -0.15) is 0 Å². The van der Waals surface area contributed by atoms with Crippen LogP contribution in [-0.2, 0) is 0 Å². The molecule has 0 saturated carbocycles. The molecule has 0 spiro atoms. The summed E-state index contributed by atoms with van der Waals surface area (Å²) < 4.78 is 19.8. The molecule has 0 unspecified atom stereocenters. The highest BCUT2D eigenvalue weighted by molar-refractivity contribution is 5.94. The van der Waals surface area contributed by atoms with Crippen LogP contribution in [0.25, 0.3) is 0 Å². The van der Waals surface area contributed by atoms with Crippen LogP contribution in [-0.4, -0.2) is 43.5 Å². The van der Waals surface area contributed by atoms with Crippen LogP contribution in [0.1, 0.15) is 27.7 Å². The second-order valence-corrected chi connectivity index (χ2v) is 7.58. The fraction of sp³-hybridized carbons (Fsp3) is 0.292. The van der Waals surface area contributed by atoms with Gasteiger partial charge in [-0.15, -0.1) is 0 Å². The van der Waals surface area contributed by atoms with Crippen molar-refractivity contribution in [1.29, 1.82) is 0 Å². The largest absolute Gasteiger partial charge is 0.468 e. The third-order valence-electron chi connectivity index (χ3n) is 5.59. The minimum atomic E-state index is -0.195. The molecule has 4 rings (SSSR count). The topological polar surface area (TPSA) is 48.7 Å². The molecule has 1 aliphatic rings. The Balaban J connectivity index is 1.41. The molecule has 0 bridgehead atoms. The Morgan fingerprint density at radius 2 is 1.77 bits per heavy atom. The van der Waals surface area contributed by atoms with Gasteiger partial charge >= 0.3 is 0 Å². The van der Waals surface area contributed by atoms with Gasteiger partial charge in [0.2, 0.25) is 0 Å². The number of carbonyl (C=O) groups excluding carboxylic acids is 1. The quantitative estimate of drug-likeness (QED) is 0.671. The van der Waals surface area contributed by atoms with Gasteiger partial charge in [-0.1, -0.05) is 29.8 Å². The number of nitrogens with one attached hydrogen (secondary N) is 1. The normalized spacial score (nSPS) is 15.7. The van der Waals surface area contributed by atoms with E-state index in [0.717, 1.165) is 24.4 Å². The molecule has 0 radical (unpaired) electrons. The van der Waals surface area contributed by atoms with Crippen molar-refractivity contribution >= 4 is 11.6 Å². The first-order chi connectivity index (χ1) is 14.6. The SMILES string of the molecule is Cc1ccc(C(=O)NC[C@H](c2ccco2)N2CCN(c3ccccc3F)CC2)cc1. The second-order valence-electron chi connectivity index (χ2n) is 7.58. The highest BCUT2D eigenvalue weighted by Gasteiger charge is 2.28. The van der Waals surface area contributed by atoms with Crippen molar-refractivity contribution in [3.63, 3.8) is 0 Å². The molecule has 30 heavy (non-hydrogen) atoms. The number of rotatable bonds is 6. The number of furan rings is 1. The monoisotopic (exact) mass is 407 g/mol. The van der Waals surface area contributed by atoms with Gasteiger partial charge in [0.15, 0.2) is 0 Å². The van der Waals surface area contributed by atoms with Crippen LogP contribution >= 0.6 is 0 Å². The van der Waals surface area contributed by atoms with Gasteiger partial charge in [-0.3, -0.25) is 9.69 Å². The molecule has 1 aromatic heterocycles. The lowest BCUT2D eigenvalue weighted by molar-refractivity contribution is 0.0922. The summed E-state index contributed by atoms with van der Waals surface area (Å²) in [7, 11) is 0. The number of piperazine rings is 1. The van der Waals surface area contributed by atoms with E-state index in [1.165, 1.54) is 6.07 Å². The van der Waals surface area contributed by atoms with Crippen molar-refractivity contribution in [2.24, 2.45) is 0 Å². The van der Waals surface area contributed by atoms with Crippen molar-refractivity contribution in [3.8, 4) is 0 Å². The highest BCUT2D eigenvalue weighted by Crippen LogP contribution is 2.25. The van der Waals surface area contributed by atoms with Crippen molar-refractivity contribution in [3.05, 3.63) is 89.6 Å². The molecule has 6 heteroatoms. The Labute approximate surface area is 176 Å². The molecule has 5 nitrogen and oxygen atoms in total. The zero-order chi connectivity index (χ0) is 20.9. The summed E-state index contributed by atoms with van der Waals surface area (Å²) in [4.78, 5) is 16.9. The van der Waals surface area contributed by atoms with Crippen LogP contribution in [0.2, 0.25) is 0 Å². The number of hydrogen-bond donors (Lipinski definition) is 1. The summed E-state index contributed by atoms with van der Waals surface area (Å²) in [6.45, 7) is 5.36. The molecule has 3 aromatic rings. The van der Waals surface area contributed by atoms with Crippen LogP contribution in [0.4, 0.5) is 10.1 Å². The molecular weight excluding hydrogens is 381 g/mol. The molecule has 1 atom stereocenters. The Morgan fingerprint density at radius 1 is 1.03 bits per heavy atom. The van der Waals surface area contributed by atoms with Crippen molar-refractivity contribution in [1.82, 2.24) is 10.2 Å². The van der Waals surface area contributed by atoms with E-state index in [9.17, 15) is 9.18 Å². The van der Waals surface area contributed by atoms with E-state index in [1.54, 1.807) is 12.3 Å². The first kappa shape index (κ1) is 20.2. The number of halogens is 1. The Morgan fingerprint density at radius 3 is 2.43 bits per heavy atom. The van der Waals surface area contributed by atoms with E-state index in [2.05, 4.69) is 15.1 Å². The molecule has 156 valence electrons. The Kier molecular flexibility index (Phi) is 6.14. The molecule has 1 saturated heterocycles. The van der Waals surface area contributed by atoms with Gasteiger partial charge in [-0.05, 0) is 43.3 Å². The summed E-state index contributed by atoms with van der Waals surface area (Å²) in [5.41, 5.74) is 2.40. The van der Waals surface area contributed by atoms with Gasteiger partial charge in [0.05, 0.1) is 18.0 Å². The smallest absolute Gasteiger partial charge is 0.251 e. The average Bonchev–Trinajstić information content (AvgIpc) is 3.30. The summed E-state index contributed by atoms with van der Waals surface area (Å²) >= 11 is 0. The number of carbonyl (C=O) groups is 1. The molecule has 1 aliphatic heterocycles. The Bertz CT molecular complexity index is 964. The van der Waals surface area contributed by atoms with Crippen LogP contribution in [0.3, 0.4) is 0 Å². The maximum absolute atomic E-state index is 14.1. The number of para-hydroxylation sites is 1. The van der Waals surface area contributed by atoms with Crippen molar-refractivity contribution in [2.45, 2.75) is 13.0 Å². The van der Waals surface area contributed by atoms with Crippen molar-refractivity contribution in [2.75, 3.05) is 37.6 Å². The third kappa shape index (κ3) is 4.54. The average molecular weight is 407 g/mol. The zero-order valence-corrected chi connectivity index (χ0v) is 17.1. The fourth-order valence-corrected chi connectivity index (χ4v) is 3.87. The van der Waals surface area contributed by atoms with E-state index < -0.39 is 0 Å². The van der Waals surface area contributed by atoms with E-state index in [1.807, 2.05) is 55.5 Å². The summed E-state index contributed by atoms with van der Waals surface area (Å²) in [5, 5.41) is 3.04. The van der Waals surface area contributed by atoms with Crippen LogP contribution < -0.4 is 10.2 Å². The van der Waals surface area contributed by atoms with Gasteiger partial charge < -0.3 is 14.6 Å². The molecule has 0 aliphatic carbocycles. The molecular formula is C24H26FN3O2. The van der Waals surface area contributed by atoms with Crippen LogP contribution in [0.5, 0.6) is 0 Å². The second kappa shape index (κ2) is 9.13. The molecule has 1 fully saturated rings. The van der Waals surface area contributed by atoms with E-state index in [0.29, 0.717) is 30.9 Å². The van der Waals surface area contributed by atoms with Gasteiger partial charge in [0.1, 0.15) is 11.6 Å². The van der Waals surface area contributed by atoms with E-state index in [-0.39, 0.29) is 17.8 Å². The minimum Gasteiger partial charge on any atom is -0.468 e. The minimum absolute atomic E-state index is 0.0721.